The predicted molar refractivity (Wildman–Crippen MR) is 67.8 cm³/mol. The van der Waals surface area contributed by atoms with Crippen LogP contribution in [0.15, 0.2) is 41.3 Å². The van der Waals surface area contributed by atoms with Gasteiger partial charge < -0.3 is 4.74 Å². The van der Waals surface area contributed by atoms with E-state index in [2.05, 4.69) is 11.3 Å². The SMILES string of the molecule is C=C(C)C(=O)Oc1ccc(S(=O)(=O)NCC)cc1. The zero-order valence-electron chi connectivity index (χ0n) is 10.3. The summed E-state index contributed by atoms with van der Waals surface area (Å²) in [6.07, 6.45) is 0. The molecule has 0 atom stereocenters. The van der Waals surface area contributed by atoms with Gasteiger partial charge in [-0.3, -0.25) is 0 Å². The van der Waals surface area contributed by atoms with Crippen LogP contribution >= 0.6 is 0 Å². The molecule has 1 N–H and O–H groups in total. The van der Waals surface area contributed by atoms with E-state index in [-0.39, 0.29) is 16.2 Å². The Balaban J connectivity index is 2.87. The van der Waals surface area contributed by atoms with E-state index in [9.17, 15) is 13.2 Å². The standard InChI is InChI=1S/C12H15NO4S/c1-4-13-18(15,16)11-7-5-10(6-8-11)17-12(14)9(2)3/h5-8,13H,2,4H2,1,3H3. The second-order valence-electron chi connectivity index (χ2n) is 3.64. The summed E-state index contributed by atoms with van der Waals surface area (Å²) < 4.78 is 30.6. The number of hydrogen-bond acceptors (Lipinski definition) is 4. The molecule has 98 valence electrons. The van der Waals surface area contributed by atoms with Crippen molar-refractivity contribution in [2.45, 2.75) is 18.7 Å². The van der Waals surface area contributed by atoms with Gasteiger partial charge in [-0.05, 0) is 31.2 Å². The number of esters is 1. The molecule has 0 saturated carbocycles. The number of hydrogen-bond donors (Lipinski definition) is 1. The van der Waals surface area contributed by atoms with Crippen molar-refractivity contribution in [1.29, 1.82) is 0 Å². The van der Waals surface area contributed by atoms with E-state index in [0.29, 0.717) is 6.54 Å². The van der Waals surface area contributed by atoms with Crippen molar-refractivity contribution < 1.29 is 17.9 Å². The van der Waals surface area contributed by atoms with Gasteiger partial charge in [0.2, 0.25) is 10.0 Å². The summed E-state index contributed by atoms with van der Waals surface area (Å²) in [6.45, 7) is 7.00. The molecule has 6 heteroatoms. The van der Waals surface area contributed by atoms with E-state index >= 15 is 0 Å². The first-order chi connectivity index (χ1) is 8.36. The average molecular weight is 269 g/mol. The number of carbonyl (C=O) groups excluding carboxylic acids is 1. The number of benzene rings is 1. The number of rotatable bonds is 5. The van der Waals surface area contributed by atoms with Crippen LogP contribution in [-0.4, -0.2) is 20.9 Å². The molecule has 0 aliphatic rings. The molecule has 1 aromatic rings. The van der Waals surface area contributed by atoms with Crippen molar-refractivity contribution in [2.75, 3.05) is 6.54 Å². The van der Waals surface area contributed by atoms with Crippen LogP contribution < -0.4 is 9.46 Å². The number of nitrogens with one attached hydrogen (secondary N) is 1. The summed E-state index contributed by atoms with van der Waals surface area (Å²) in [5, 5.41) is 0. The Morgan fingerprint density at radius 3 is 2.33 bits per heavy atom. The third-order valence-electron chi connectivity index (χ3n) is 2.03. The molecule has 0 radical (unpaired) electrons. The van der Waals surface area contributed by atoms with Crippen LogP contribution in [0.25, 0.3) is 0 Å². The van der Waals surface area contributed by atoms with Crippen molar-refractivity contribution >= 4 is 16.0 Å². The summed E-state index contributed by atoms with van der Waals surface area (Å²) in [4.78, 5) is 11.4. The van der Waals surface area contributed by atoms with Gasteiger partial charge in [0.15, 0.2) is 0 Å². The molecule has 0 aliphatic carbocycles. The molecule has 18 heavy (non-hydrogen) atoms. The Morgan fingerprint density at radius 1 is 1.33 bits per heavy atom. The highest BCUT2D eigenvalue weighted by Crippen LogP contribution is 2.16. The third-order valence-corrected chi connectivity index (χ3v) is 3.59. The summed E-state index contributed by atoms with van der Waals surface area (Å²) in [7, 11) is -3.48. The molecule has 5 nitrogen and oxygen atoms in total. The van der Waals surface area contributed by atoms with E-state index in [1.54, 1.807) is 6.92 Å². The lowest BCUT2D eigenvalue weighted by atomic mass is 10.3. The smallest absolute Gasteiger partial charge is 0.338 e. The fourth-order valence-corrected chi connectivity index (χ4v) is 2.20. The highest BCUT2D eigenvalue weighted by Gasteiger charge is 2.13. The van der Waals surface area contributed by atoms with Crippen molar-refractivity contribution in [3.63, 3.8) is 0 Å². The van der Waals surface area contributed by atoms with Crippen molar-refractivity contribution in [1.82, 2.24) is 4.72 Å². The zero-order valence-corrected chi connectivity index (χ0v) is 11.1. The van der Waals surface area contributed by atoms with Crippen LogP contribution in [0.4, 0.5) is 0 Å². The number of carbonyl (C=O) groups is 1. The molecule has 0 fully saturated rings. The highest BCUT2D eigenvalue weighted by atomic mass is 32.2. The van der Waals surface area contributed by atoms with Gasteiger partial charge in [-0.15, -0.1) is 0 Å². The lowest BCUT2D eigenvalue weighted by Crippen LogP contribution is -2.23. The minimum Gasteiger partial charge on any atom is -0.423 e. The predicted octanol–water partition coefficient (Wildman–Crippen LogP) is 1.47. The Morgan fingerprint density at radius 2 is 1.89 bits per heavy atom. The lowest BCUT2D eigenvalue weighted by Gasteiger charge is -2.06. The fourth-order valence-electron chi connectivity index (χ4n) is 1.15. The van der Waals surface area contributed by atoms with Crippen LogP contribution in [0.1, 0.15) is 13.8 Å². The van der Waals surface area contributed by atoms with Gasteiger partial charge in [0.1, 0.15) is 5.75 Å². The lowest BCUT2D eigenvalue weighted by molar-refractivity contribution is -0.130. The van der Waals surface area contributed by atoms with Gasteiger partial charge in [0, 0.05) is 12.1 Å². The molecule has 0 amide bonds. The molecular formula is C12H15NO4S. The van der Waals surface area contributed by atoms with Gasteiger partial charge in [-0.25, -0.2) is 17.9 Å². The third kappa shape index (κ3) is 3.68. The van der Waals surface area contributed by atoms with Crippen molar-refractivity contribution in [3.05, 3.63) is 36.4 Å². The van der Waals surface area contributed by atoms with Crippen LogP contribution in [0.5, 0.6) is 5.75 Å². The maximum Gasteiger partial charge on any atom is 0.338 e. The second-order valence-corrected chi connectivity index (χ2v) is 5.41. The van der Waals surface area contributed by atoms with Gasteiger partial charge in [-0.2, -0.15) is 0 Å². The summed E-state index contributed by atoms with van der Waals surface area (Å²) in [5.41, 5.74) is 0.277. The van der Waals surface area contributed by atoms with Gasteiger partial charge in [0.05, 0.1) is 4.90 Å². The largest absolute Gasteiger partial charge is 0.423 e. The molecule has 0 spiro atoms. The average Bonchev–Trinajstić information content (AvgIpc) is 2.29. The number of sulfonamides is 1. The normalized spacial score (nSPS) is 11.0. The van der Waals surface area contributed by atoms with E-state index in [4.69, 9.17) is 4.74 Å². The molecule has 0 saturated heterocycles. The molecule has 0 unspecified atom stereocenters. The quantitative estimate of drug-likeness (QED) is 0.499. The molecule has 0 heterocycles. The summed E-state index contributed by atoms with van der Waals surface area (Å²) in [6, 6.07) is 5.59. The van der Waals surface area contributed by atoms with Crippen LogP contribution in [0, 0.1) is 0 Å². The van der Waals surface area contributed by atoms with Crippen molar-refractivity contribution in [3.8, 4) is 5.75 Å². The Hall–Kier alpha value is -1.66. The van der Waals surface area contributed by atoms with E-state index in [0.717, 1.165) is 0 Å². The summed E-state index contributed by atoms with van der Waals surface area (Å²) in [5.74, 6) is -0.268. The van der Waals surface area contributed by atoms with Crippen LogP contribution in [0.2, 0.25) is 0 Å². The topological polar surface area (TPSA) is 72.5 Å². The minimum absolute atomic E-state index is 0.125. The maximum absolute atomic E-state index is 11.6. The monoisotopic (exact) mass is 269 g/mol. The summed E-state index contributed by atoms with van der Waals surface area (Å²) >= 11 is 0. The Labute approximate surface area is 107 Å². The van der Waals surface area contributed by atoms with Crippen LogP contribution in [0.3, 0.4) is 0 Å². The Kier molecular flexibility index (Phi) is 4.63. The van der Waals surface area contributed by atoms with E-state index in [1.807, 2.05) is 0 Å². The zero-order chi connectivity index (χ0) is 13.8. The first-order valence-electron chi connectivity index (χ1n) is 5.34. The van der Waals surface area contributed by atoms with Gasteiger partial charge >= 0.3 is 5.97 Å². The second kappa shape index (κ2) is 5.79. The first kappa shape index (κ1) is 14.4. The van der Waals surface area contributed by atoms with E-state index in [1.165, 1.54) is 31.2 Å². The highest BCUT2D eigenvalue weighted by molar-refractivity contribution is 7.89. The van der Waals surface area contributed by atoms with Crippen molar-refractivity contribution in [2.24, 2.45) is 0 Å². The van der Waals surface area contributed by atoms with Gasteiger partial charge in [0.25, 0.3) is 0 Å². The number of ether oxygens (including phenoxy) is 1. The molecule has 1 rings (SSSR count). The van der Waals surface area contributed by atoms with E-state index < -0.39 is 16.0 Å². The molecular weight excluding hydrogens is 254 g/mol. The van der Waals surface area contributed by atoms with Gasteiger partial charge in [-0.1, -0.05) is 13.5 Å². The molecule has 0 aliphatic heterocycles. The molecule has 1 aromatic carbocycles. The minimum atomic E-state index is -3.48. The Bertz CT molecular complexity index is 546. The van der Waals surface area contributed by atoms with Crippen LogP contribution in [-0.2, 0) is 14.8 Å². The molecule has 0 bridgehead atoms. The first-order valence-corrected chi connectivity index (χ1v) is 6.82. The fraction of sp³-hybridized carbons (Fsp3) is 0.250. The maximum atomic E-state index is 11.6. The molecule has 0 aromatic heterocycles.